The van der Waals surface area contributed by atoms with Crippen molar-refractivity contribution in [2.24, 2.45) is 0 Å². The third kappa shape index (κ3) is 3.58. The van der Waals surface area contributed by atoms with Gasteiger partial charge in [-0.05, 0) is 31.5 Å². The minimum absolute atomic E-state index is 0.140. The van der Waals surface area contributed by atoms with Gasteiger partial charge >= 0.3 is 0 Å². The third-order valence-electron chi connectivity index (χ3n) is 3.14. The maximum absolute atomic E-state index is 13.8. The van der Waals surface area contributed by atoms with Gasteiger partial charge < -0.3 is 4.74 Å². The number of hydrogen-bond donors (Lipinski definition) is 0. The summed E-state index contributed by atoms with van der Waals surface area (Å²) in [5.74, 6) is -0.383. The van der Waals surface area contributed by atoms with Gasteiger partial charge in [0, 0.05) is 23.7 Å². The molecule has 1 fully saturated rings. The fraction of sp³-hybridized carbons (Fsp3) is 0.538. The van der Waals surface area contributed by atoms with E-state index in [1.165, 1.54) is 6.07 Å². The smallest absolute Gasteiger partial charge is 0.146 e. The third-order valence-corrected chi connectivity index (χ3v) is 3.79. The van der Waals surface area contributed by atoms with Crippen LogP contribution < -0.4 is 0 Å². The monoisotopic (exact) mass is 291 g/mol. The molecule has 0 unspecified atom stereocenters. The number of rotatable bonds is 4. The molecule has 0 bridgehead atoms. The highest BCUT2D eigenvalue weighted by Gasteiger charge is 2.13. The van der Waals surface area contributed by atoms with Crippen LogP contribution in [0.3, 0.4) is 0 Å². The quantitative estimate of drug-likeness (QED) is 0.789. The molecule has 0 aliphatic carbocycles. The molecular weight excluding hydrogens is 276 g/mol. The van der Waals surface area contributed by atoms with Gasteiger partial charge in [-0.3, -0.25) is 4.90 Å². The molecule has 1 saturated heterocycles. The van der Waals surface area contributed by atoms with Gasteiger partial charge in [0.05, 0.1) is 18.2 Å². The van der Waals surface area contributed by atoms with E-state index in [4.69, 9.17) is 27.9 Å². The summed E-state index contributed by atoms with van der Waals surface area (Å²) in [7, 11) is 0. The average molecular weight is 292 g/mol. The van der Waals surface area contributed by atoms with E-state index < -0.39 is 0 Å². The second kappa shape index (κ2) is 6.71. The molecule has 1 aromatic rings. The van der Waals surface area contributed by atoms with E-state index in [1.54, 1.807) is 6.07 Å². The normalized spacial score (nSPS) is 17.1. The van der Waals surface area contributed by atoms with Crippen LogP contribution in [-0.4, -0.2) is 37.7 Å². The van der Waals surface area contributed by atoms with Gasteiger partial charge in [0.25, 0.3) is 0 Å². The van der Waals surface area contributed by atoms with Gasteiger partial charge in [-0.1, -0.05) is 23.2 Å². The first-order valence-electron chi connectivity index (χ1n) is 6.11. The van der Waals surface area contributed by atoms with Crippen LogP contribution >= 0.6 is 23.2 Å². The Labute approximate surface area is 117 Å². The molecule has 1 heterocycles. The Morgan fingerprint density at radius 3 is 2.56 bits per heavy atom. The SMILES string of the molecule is Fc1c(Cl)ccc(Cl)c1CCCN1CCOCC1. The zero-order valence-electron chi connectivity index (χ0n) is 10.1. The van der Waals surface area contributed by atoms with Gasteiger partial charge in [0.2, 0.25) is 0 Å². The minimum Gasteiger partial charge on any atom is -0.379 e. The van der Waals surface area contributed by atoms with Gasteiger partial charge in [0.15, 0.2) is 0 Å². The summed E-state index contributed by atoms with van der Waals surface area (Å²) in [4.78, 5) is 2.32. The van der Waals surface area contributed by atoms with E-state index in [0.717, 1.165) is 39.3 Å². The summed E-state index contributed by atoms with van der Waals surface area (Å²) in [6, 6.07) is 3.14. The first-order chi connectivity index (χ1) is 8.68. The van der Waals surface area contributed by atoms with Crippen LogP contribution in [0.5, 0.6) is 0 Å². The fourth-order valence-electron chi connectivity index (χ4n) is 2.10. The van der Waals surface area contributed by atoms with Crippen molar-refractivity contribution in [3.05, 3.63) is 33.6 Å². The van der Waals surface area contributed by atoms with Crippen LogP contribution in [0, 0.1) is 5.82 Å². The van der Waals surface area contributed by atoms with E-state index in [0.29, 0.717) is 17.0 Å². The lowest BCUT2D eigenvalue weighted by atomic mass is 10.1. The molecule has 18 heavy (non-hydrogen) atoms. The predicted molar refractivity (Wildman–Crippen MR) is 72.0 cm³/mol. The van der Waals surface area contributed by atoms with Crippen LogP contribution in [-0.2, 0) is 11.2 Å². The maximum Gasteiger partial charge on any atom is 0.146 e. The summed E-state index contributed by atoms with van der Waals surface area (Å²) < 4.78 is 19.1. The van der Waals surface area contributed by atoms with Crippen molar-refractivity contribution in [3.63, 3.8) is 0 Å². The van der Waals surface area contributed by atoms with Gasteiger partial charge in [-0.2, -0.15) is 0 Å². The lowest BCUT2D eigenvalue weighted by Crippen LogP contribution is -2.37. The van der Waals surface area contributed by atoms with Crippen LogP contribution in [0.2, 0.25) is 10.0 Å². The lowest BCUT2D eigenvalue weighted by Gasteiger charge is -2.26. The summed E-state index contributed by atoms with van der Waals surface area (Å²) in [6.07, 6.45) is 1.49. The van der Waals surface area contributed by atoms with Gasteiger partial charge in [-0.25, -0.2) is 4.39 Å². The highest BCUT2D eigenvalue weighted by Crippen LogP contribution is 2.26. The zero-order chi connectivity index (χ0) is 13.0. The second-order valence-electron chi connectivity index (χ2n) is 4.38. The molecule has 0 N–H and O–H groups in total. The molecule has 0 radical (unpaired) electrons. The van der Waals surface area contributed by atoms with Crippen molar-refractivity contribution in [1.29, 1.82) is 0 Å². The molecule has 0 atom stereocenters. The number of ether oxygens (including phenoxy) is 1. The Morgan fingerprint density at radius 1 is 1.17 bits per heavy atom. The molecule has 2 rings (SSSR count). The minimum atomic E-state index is -0.383. The van der Waals surface area contributed by atoms with Crippen molar-refractivity contribution >= 4 is 23.2 Å². The molecule has 0 amide bonds. The van der Waals surface area contributed by atoms with Crippen molar-refractivity contribution in [3.8, 4) is 0 Å². The molecule has 0 aromatic heterocycles. The van der Waals surface area contributed by atoms with Crippen LogP contribution in [0.15, 0.2) is 12.1 Å². The van der Waals surface area contributed by atoms with Crippen LogP contribution in [0.4, 0.5) is 4.39 Å². The maximum atomic E-state index is 13.8. The zero-order valence-corrected chi connectivity index (χ0v) is 11.6. The number of hydrogen-bond acceptors (Lipinski definition) is 2. The number of nitrogens with zero attached hydrogens (tertiary/aromatic N) is 1. The van der Waals surface area contributed by atoms with Crippen molar-refractivity contribution in [1.82, 2.24) is 4.90 Å². The Kier molecular flexibility index (Phi) is 5.25. The topological polar surface area (TPSA) is 12.5 Å². The van der Waals surface area contributed by atoms with E-state index in [1.807, 2.05) is 0 Å². The van der Waals surface area contributed by atoms with E-state index in [9.17, 15) is 4.39 Å². The molecule has 2 nitrogen and oxygen atoms in total. The summed E-state index contributed by atoms with van der Waals surface area (Å²) in [5.41, 5.74) is 0.525. The predicted octanol–water partition coefficient (Wildman–Crippen LogP) is 3.40. The Morgan fingerprint density at radius 2 is 1.83 bits per heavy atom. The molecule has 0 saturated carbocycles. The molecule has 1 aliphatic heterocycles. The lowest BCUT2D eigenvalue weighted by molar-refractivity contribution is 0.0374. The molecule has 100 valence electrons. The molecule has 1 aromatic carbocycles. The standard InChI is InChI=1S/C13H16Cl2FNO/c14-11-3-4-12(15)13(16)10(11)2-1-5-17-6-8-18-9-7-17/h3-4H,1-2,5-9H2. The van der Waals surface area contributed by atoms with Crippen molar-refractivity contribution < 1.29 is 9.13 Å². The van der Waals surface area contributed by atoms with E-state index >= 15 is 0 Å². The molecular formula is C13H16Cl2FNO. The highest BCUT2D eigenvalue weighted by molar-refractivity contribution is 6.33. The first kappa shape index (κ1) is 14.1. The Hall–Kier alpha value is -0.350. The number of morpholine rings is 1. The van der Waals surface area contributed by atoms with Crippen molar-refractivity contribution in [2.45, 2.75) is 12.8 Å². The summed E-state index contributed by atoms with van der Waals surface area (Å²) >= 11 is 11.7. The number of halogens is 3. The summed E-state index contributed by atoms with van der Waals surface area (Å²) in [6.45, 7) is 4.40. The summed E-state index contributed by atoms with van der Waals surface area (Å²) in [5, 5.41) is 0.597. The molecule has 5 heteroatoms. The Balaban J connectivity index is 1.88. The van der Waals surface area contributed by atoms with Gasteiger partial charge in [0.1, 0.15) is 5.82 Å². The van der Waals surface area contributed by atoms with Gasteiger partial charge in [-0.15, -0.1) is 0 Å². The van der Waals surface area contributed by atoms with E-state index in [2.05, 4.69) is 4.90 Å². The van der Waals surface area contributed by atoms with Crippen LogP contribution in [0.1, 0.15) is 12.0 Å². The molecule has 0 spiro atoms. The largest absolute Gasteiger partial charge is 0.379 e. The molecule has 1 aliphatic rings. The fourth-order valence-corrected chi connectivity index (χ4v) is 2.52. The average Bonchev–Trinajstić information content (AvgIpc) is 2.39. The van der Waals surface area contributed by atoms with E-state index in [-0.39, 0.29) is 10.8 Å². The number of benzene rings is 1. The first-order valence-corrected chi connectivity index (χ1v) is 6.86. The highest BCUT2D eigenvalue weighted by atomic mass is 35.5. The van der Waals surface area contributed by atoms with Crippen molar-refractivity contribution in [2.75, 3.05) is 32.8 Å². The van der Waals surface area contributed by atoms with Crippen LogP contribution in [0.25, 0.3) is 0 Å². The Bertz CT molecular complexity index is 408. The second-order valence-corrected chi connectivity index (χ2v) is 5.19.